The summed E-state index contributed by atoms with van der Waals surface area (Å²) in [4.78, 5) is 0. The molecule has 0 aliphatic rings. The van der Waals surface area contributed by atoms with Crippen molar-refractivity contribution in [2.75, 3.05) is 13.2 Å². The van der Waals surface area contributed by atoms with Gasteiger partial charge >= 0.3 is 0 Å². The van der Waals surface area contributed by atoms with Crippen LogP contribution in [-0.4, -0.2) is 19.5 Å². The molecule has 0 aliphatic carbocycles. The lowest BCUT2D eigenvalue weighted by molar-refractivity contribution is -0.0829. The molecule has 4 heteroatoms. The van der Waals surface area contributed by atoms with Crippen molar-refractivity contribution < 1.29 is 14.2 Å². The highest BCUT2D eigenvalue weighted by molar-refractivity contribution is 6.05. The standard InChI is InChI=1S/C29H29NO3/c1-3-21(2)22-12-14-25(15-13-22)33-28(16-17-30)31-18-19-32-29-26-10-6-4-8-23(26)20-24-9-5-7-11-27(24)29/h4-15,20-21,28H,3,16,18-19H2,1-2H3. The van der Waals surface area contributed by atoms with Gasteiger partial charge in [0.1, 0.15) is 18.1 Å². The molecule has 33 heavy (non-hydrogen) atoms. The third-order valence-electron chi connectivity index (χ3n) is 5.94. The second kappa shape index (κ2) is 10.8. The minimum absolute atomic E-state index is 0.143. The van der Waals surface area contributed by atoms with Gasteiger partial charge in [0.15, 0.2) is 0 Å². The minimum atomic E-state index is -0.641. The van der Waals surface area contributed by atoms with E-state index in [2.05, 4.69) is 62.4 Å². The fourth-order valence-electron chi connectivity index (χ4n) is 3.92. The molecular formula is C29H29NO3. The van der Waals surface area contributed by atoms with Crippen molar-refractivity contribution in [2.24, 2.45) is 0 Å². The van der Waals surface area contributed by atoms with Crippen LogP contribution in [0.15, 0.2) is 78.9 Å². The lowest BCUT2D eigenvalue weighted by Gasteiger charge is -2.19. The van der Waals surface area contributed by atoms with Crippen molar-refractivity contribution >= 4 is 21.5 Å². The predicted molar refractivity (Wildman–Crippen MR) is 133 cm³/mol. The Bertz CT molecular complexity index is 1190. The van der Waals surface area contributed by atoms with Gasteiger partial charge in [-0.15, -0.1) is 0 Å². The third-order valence-corrected chi connectivity index (χ3v) is 5.94. The largest absolute Gasteiger partial charge is 0.490 e. The van der Waals surface area contributed by atoms with Crippen LogP contribution in [0.2, 0.25) is 0 Å². The fraction of sp³-hybridized carbons (Fsp3) is 0.276. The van der Waals surface area contributed by atoms with Crippen LogP contribution >= 0.6 is 0 Å². The molecule has 0 heterocycles. The van der Waals surface area contributed by atoms with E-state index < -0.39 is 6.29 Å². The molecule has 0 fully saturated rings. The zero-order chi connectivity index (χ0) is 23.0. The summed E-state index contributed by atoms with van der Waals surface area (Å²) < 4.78 is 18.0. The van der Waals surface area contributed by atoms with E-state index in [-0.39, 0.29) is 6.42 Å². The Kier molecular flexibility index (Phi) is 7.44. The molecule has 0 aromatic heterocycles. The number of hydrogen-bond donors (Lipinski definition) is 0. The third kappa shape index (κ3) is 5.45. The van der Waals surface area contributed by atoms with E-state index in [1.165, 1.54) is 5.56 Å². The summed E-state index contributed by atoms with van der Waals surface area (Å²) in [6.07, 6.45) is 0.591. The zero-order valence-corrected chi connectivity index (χ0v) is 19.2. The van der Waals surface area contributed by atoms with Crippen molar-refractivity contribution in [2.45, 2.75) is 38.9 Å². The van der Waals surface area contributed by atoms with Crippen molar-refractivity contribution in [3.63, 3.8) is 0 Å². The van der Waals surface area contributed by atoms with Crippen LogP contribution in [0.25, 0.3) is 21.5 Å². The molecule has 0 N–H and O–H groups in total. The highest BCUT2D eigenvalue weighted by atomic mass is 16.7. The van der Waals surface area contributed by atoms with Crippen molar-refractivity contribution in [3.8, 4) is 17.6 Å². The Hall–Kier alpha value is -3.55. The summed E-state index contributed by atoms with van der Waals surface area (Å²) in [7, 11) is 0. The maximum absolute atomic E-state index is 9.19. The molecule has 0 amide bonds. The van der Waals surface area contributed by atoms with Crippen molar-refractivity contribution in [1.29, 1.82) is 5.26 Å². The van der Waals surface area contributed by atoms with Gasteiger partial charge in [-0.05, 0) is 46.9 Å². The van der Waals surface area contributed by atoms with Crippen LogP contribution in [0.5, 0.6) is 11.5 Å². The molecule has 0 radical (unpaired) electrons. The average molecular weight is 440 g/mol. The quantitative estimate of drug-likeness (QED) is 0.149. The second-order valence-corrected chi connectivity index (χ2v) is 8.16. The van der Waals surface area contributed by atoms with E-state index in [0.717, 1.165) is 33.7 Å². The number of ether oxygens (including phenoxy) is 3. The molecule has 4 rings (SSSR count). The lowest BCUT2D eigenvalue weighted by Crippen LogP contribution is -2.23. The molecule has 0 aliphatic heterocycles. The van der Waals surface area contributed by atoms with Crippen LogP contribution in [0.4, 0.5) is 0 Å². The topological polar surface area (TPSA) is 51.5 Å². The van der Waals surface area contributed by atoms with Crippen LogP contribution in [0.1, 0.15) is 38.2 Å². The number of hydrogen-bond acceptors (Lipinski definition) is 4. The Morgan fingerprint density at radius 3 is 2.09 bits per heavy atom. The Morgan fingerprint density at radius 2 is 1.48 bits per heavy atom. The first-order valence-corrected chi connectivity index (χ1v) is 11.5. The number of nitriles is 1. The molecular weight excluding hydrogens is 410 g/mol. The van der Waals surface area contributed by atoms with E-state index >= 15 is 0 Å². The summed E-state index contributed by atoms with van der Waals surface area (Å²) in [6, 6.07) is 28.8. The monoisotopic (exact) mass is 439 g/mol. The van der Waals surface area contributed by atoms with Gasteiger partial charge in [-0.2, -0.15) is 5.26 Å². The van der Waals surface area contributed by atoms with Crippen LogP contribution in [-0.2, 0) is 4.74 Å². The first kappa shape index (κ1) is 22.6. The molecule has 4 nitrogen and oxygen atoms in total. The molecule has 168 valence electrons. The summed E-state index contributed by atoms with van der Waals surface area (Å²) in [5, 5.41) is 13.6. The Morgan fingerprint density at radius 1 is 0.848 bits per heavy atom. The maximum atomic E-state index is 9.19. The summed E-state index contributed by atoms with van der Waals surface area (Å²) in [5.41, 5.74) is 1.28. The van der Waals surface area contributed by atoms with Crippen molar-refractivity contribution in [3.05, 3.63) is 84.4 Å². The lowest BCUT2D eigenvalue weighted by atomic mass is 9.99. The summed E-state index contributed by atoms with van der Waals surface area (Å²) in [6.45, 7) is 5.05. The van der Waals surface area contributed by atoms with E-state index in [4.69, 9.17) is 14.2 Å². The first-order valence-electron chi connectivity index (χ1n) is 11.5. The maximum Gasteiger partial charge on any atom is 0.213 e. The van der Waals surface area contributed by atoms with Gasteiger partial charge in [0, 0.05) is 10.8 Å². The molecule has 0 saturated heterocycles. The van der Waals surface area contributed by atoms with E-state index in [1.54, 1.807) is 0 Å². The molecule has 0 saturated carbocycles. The number of rotatable bonds is 10. The smallest absolute Gasteiger partial charge is 0.213 e. The SMILES string of the molecule is CCC(C)c1ccc(OC(CC#N)OCCOc2c3ccccc3cc3ccccc23)cc1. The molecule has 2 unspecified atom stereocenters. The first-order chi connectivity index (χ1) is 16.2. The zero-order valence-electron chi connectivity index (χ0n) is 19.2. The minimum Gasteiger partial charge on any atom is -0.490 e. The molecule has 2 atom stereocenters. The second-order valence-electron chi connectivity index (χ2n) is 8.16. The fourth-order valence-corrected chi connectivity index (χ4v) is 3.92. The van der Waals surface area contributed by atoms with Crippen molar-refractivity contribution in [1.82, 2.24) is 0 Å². The Balaban J connectivity index is 1.40. The van der Waals surface area contributed by atoms with Gasteiger partial charge in [-0.1, -0.05) is 74.5 Å². The molecule has 4 aromatic carbocycles. The summed E-state index contributed by atoms with van der Waals surface area (Å²) >= 11 is 0. The molecule has 0 bridgehead atoms. The van der Waals surface area contributed by atoms with Gasteiger partial charge in [0.05, 0.1) is 19.1 Å². The van der Waals surface area contributed by atoms with Gasteiger partial charge in [-0.25, -0.2) is 0 Å². The number of nitrogens with zero attached hydrogens (tertiary/aromatic N) is 1. The summed E-state index contributed by atoms with van der Waals surface area (Å²) in [5.74, 6) is 2.06. The van der Waals surface area contributed by atoms with Gasteiger partial charge < -0.3 is 14.2 Å². The van der Waals surface area contributed by atoms with E-state index in [1.807, 2.05) is 36.4 Å². The molecule has 0 spiro atoms. The normalized spacial score (nSPS) is 12.9. The van der Waals surface area contributed by atoms with Crippen LogP contribution in [0.3, 0.4) is 0 Å². The highest BCUT2D eigenvalue weighted by Gasteiger charge is 2.13. The number of fused-ring (bicyclic) bond motifs is 2. The molecule has 4 aromatic rings. The van der Waals surface area contributed by atoms with Crippen LogP contribution < -0.4 is 9.47 Å². The van der Waals surface area contributed by atoms with Crippen LogP contribution in [0, 0.1) is 11.3 Å². The highest BCUT2D eigenvalue weighted by Crippen LogP contribution is 2.34. The Labute approximate surface area is 195 Å². The van der Waals surface area contributed by atoms with Gasteiger partial charge in [0.2, 0.25) is 6.29 Å². The van der Waals surface area contributed by atoms with E-state index in [0.29, 0.717) is 24.9 Å². The van der Waals surface area contributed by atoms with E-state index in [9.17, 15) is 5.26 Å². The van der Waals surface area contributed by atoms with Gasteiger partial charge in [-0.3, -0.25) is 0 Å². The predicted octanol–water partition coefficient (Wildman–Crippen LogP) is 7.22. The average Bonchev–Trinajstić information content (AvgIpc) is 2.86. The van der Waals surface area contributed by atoms with Gasteiger partial charge in [0.25, 0.3) is 0 Å². The number of benzene rings is 4.